The van der Waals surface area contributed by atoms with E-state index in [1.165, 1.54) is 12.1 Å². The molecule has 3 N–H and O–H groups in total. The molecule has 2 rings (SSSR count). The second-order valence-electron chi connectivity index (χ2n) is 4.62. The monoisotopic (exact) mass is 547 g/mol. The molecular formula is C12H9Br2Cl2N5O4S. The summed E-state index contributed by atoms with van der Waals surface area (Å²) >= 11 is 17.6. The Labute approximate surface area is 174 Å². The predicted octanol–water partition coefficient (Wildman–Crippen LogP) is 3.27. The summed E-state index contributed by atoms with van der Waals surface area (Å²) < 4.78 is 32.8. The number of aromatic nitrogens is 3. The molecule has 26 heavy (non-hydrogen) atoms. The molecular weight excluding hydrogens is 541 g/mol. The lowest BCUT2D eigenvalue weighted by Gasteiger charge is -2.13. The van der Waals surface area contributed by atoms with Crippen molar-refractivity contribution in [3.05, 3.63) is 28.8 Å². The van der Waals surface area contributed by atoms with E-state index < -0.39 is 25.7 Å². The molecule has 1 amide bonds. The van der Waals surface area contributed by atoms with E-state index in [1.807, 2.05) is 0 Å². The Morgan fingerprint density at radius 3 is 2.38 bits per heavy atom. The first-order valence-electron chi connectivity index (χ1n) is 6.56. The highest BCUT2D eigenvalue weighted by Gasteiger charge is 2.20. The third-order valence-corrected chi connectivity index (χ3v) is 6.26. The first kappa shape index (κ1) is 21.3. The maximum atomic E-state index is 11.9. The van der Waals surface area contributed by atoms with E-state index in [0.29, 0.717) is 5.33 Å². The SMILES string of the molecule is O=C(Nc1ccc(Nc2nc(Cl)nc(Cl)n2)c(S(=O)(=O)O)c1)C(Br)CBr. The van der Waals surface area contributed by atoms with E-state index in [2.05, 4.69) is 57.4 Å². The van der Waals surface area contributed by atoms with Gasteiger partial charge >= 0.3 is 0 Å². The van der Waals surface area contributed by atoms with Gasteiger partial charge in [0.25, 0.3) is 10.1 Å². The maximum Gasteiger partial charge on any atom is 0.296 e. The minimum Gasteiger partial charge on any atom is -0.325 e. The zero-order chi connectivity index (χ0) is 19.5. The summed E-state index contributed by atoms with van der Waals surface area (Å²) in [6, 6.07) is 3.81. The molecule has 2 aromatic rings. The van der Waals surface area contributed by atoms with Gasteiger partial charge in [0, 0.05) is 11.0 Å². The molecule has 0 radical (unpaired) electrons. The average Bonchev–Trinajstić information content (AvgIpc) is 2.53. The fourth-order valence-corrected chi connectivity index (χ4v) is 3.15. The van der Waals surface area contributed by atoms with E-state index in [0.717, 1.165) is 6.07 Å². The Morgan fingerprint density at radius 1 is 1.23 bits per heavy atom. The molecule has 0 aliphatic heterocycles. The van der Waals surface area contributed by atoms with Crippen molar-refractivity contribution in [3.63, 3.8) is 0 Å². The van der Waals surface area contributed by atoms with Gasteiger partial charge < -0.3 is 10.6 Å². The standard InChI is InChI=1S/C12H9Br2Cl2N5O4S/c13-4-6(14)9(22)17-5-1-2-7(8(3-5)26(23,24)25)18-12-20-10(15)19-11(16)21-12/h1-3,6H,4H2,(H,17,22)(H,23,24,25)(H,18,19,20,21). The molecule has 1 heterocycles. The number of alkyl halides is 2. The highest BCUT2D eigenvalue weighted by molar-refractivity contribution is 9.12. The highest BCUT2D eigenvalue weighted by Crippen LogP contribution is 2.28. The van der Waals surface area contributed by atoms with E-state index in [-0.39, 0.29) is 27.9 Å². The highest BCUT2D eigenvalue weighted by atomic mass is 79.9. The minimum atomic E-state index is -4.63. The molecule has 1 unspecified atom stereocenters. The summed E-state index contributed by atoms with van der Waals surface area (Å²) in [5, 5.41) is 5.03. The Bertz CT molecular complexity index is 927. The first-order valence-corrected chi connectivity index (χ1v) is 10.8. The van der Waals surface area contributed by atoms with Gasteiger partial charge in [-0.2, -0.15) is 23.4 Å². The Morgan fingerprint density at radius 2 is 1.85 bits per heavy atom. The summed E-state index contributed by atoms with van der Waals surface area (Å²) in [4.78, 5) is 21.9. The number of rotatable bonds is 6. The average molecular weight is 550 g/mol. The molecule has 0 aliphatic carbocycles. The number of benzene rings is 1. The molecule has 1 atom stereocenters. The maximum absolute atomic E-state index is 11.9. The van der Waals surface area contributed by atoms with Crippen molar-refractivity contribution in [2.75, 3.05) is 16.0 Å². The van der Waals surface area contributed by atoms with Gasteiger partial charge in [0.1, 0.15) is 9.72 Å². The molecule has 1 aromatic carbocycles. The van der Waals surface area contributed by atoms with E-state index >= 15 is 0 Å². The molecule has 0 aliphatic rings. The number of hydrogen-bond donors (Lipinski definition) is 3. The fraction of sp³-hybridized carbons (Fsp3) is 0.167. The summed E-state index contributed by atoms with van der Waals surface area (Å²) in [7, 11) is -4.63. The van der Waals surface area contributed by atoms with Crippen molar-refractivity contribution in [1.82, 2.24) is 15.0 Å². The molecule has 0 saturated heterocycles. The molecule has 14 heteroatoms. The fourth-order valence-electron chi connectivity index (χ4n) is 1.71. The molecule has 0 saturated carbocycles. The molecule has 9 nitrogen and oxygen atoms in total. The molecule has 0 fully saturated rings. The third-order valence-electron chi connectivity index (χ3n) is 2.77. The van der Waals surface area contributed by atoms with Gasteiger partial charge in [-0.05, 0) is 41.4 Å². The number of amides is 1. The number of nitrogens with one attached hydrogen (secondary N) is 2. The first-order chi connectivity index (χ1) is 12.1. The normalized spacial score (nSPS) is 12.5. The second kappa shape index (κ2) is 8.76. The largest absolute Gasteiger partial charge is 0.325 e. The number of carbonyl (C=O) groups is 1. The van der Waals surface area contributed by atoms with Crippen molar-refractivity contribution < 1.29 is 17.8 Å². The van der Waals surface area contributed by atoms with Gasteiger partial charge in [-0.1, -0.05) is 31.9 Å². The Hall–Kier alpha value is -1.05. The van der Waals surface area contributed by atoms with Gasteiger partial charge in [-0.15, -0.1) is 0 Å². The Balaban J connectivity index is 2.39. The Kier molecular flexibility index (Phi) is 7.16. The van der Waals surface area contributed by atoms with Gasteiger partial charge in [0.05, 0.1) is 5.69 Å². The predicted molar refractivity (Wildman–Crippen MR) is 105 cm³/mol. The number of hydrogen-bond acceptors (Lipinski definition) is 7. The van der Waals surface area contributed by atoms with Crippen molar-refractivity contribution in [2.24, 2.45) is 0 Å². The van der Waals surface area contributed by atoms with Crippen molar-refractivity contribution in [3.8, 4) is 0 Å². The van der Waals surface area contributed by atoms with Crippen LogP contribution in [0.1, 0.15) is 0 Å². The lowest BCUT2D eigenvalue weighted by molar-refractivity contribution is -0.115. The van der Waals surface area contributed by atoms with E-state index in [1.54, 1.807) is 0 Å². The van der Waals surface area contributed by atoms with Crippen LogP contribution >= 0.6 is 55.1 Å². The summed E-state index contributed by atoms with van der Waals surface area (Å²) in [6.45, 7) is 0. The van der Waals surface area contributed by atoms with Crippen molar-refractivity contribution in [2.45, 2.75) is 9.72 Å². The lowest BCUT2D eigenvalue weighted by atomic mass is 10.2. The van der Waals surface area contributed by atoms with Crippen LogP contribution in [0, 0.1) is 0 Å². The van der Waals surface area contributed by atoms with Crippen LogP contribution in [0.5, 0.6) is 0 Å². The van der Waals surface area contributed by atoms with E-state index in [4.69, 9.17) is 23.2 Å². The number of halogens is 4. The second-order valence-corrected chi connectivity index (χ2v) is 8.44. The van der Waals surface area contributed by atoms with Crippen LogP contribution in [0.25, 0.3) is 0 Å². The van der Waals surface area contributed by atoms with Crippen LogP contribution in [0.4, 0.5) is 17.3 Å². The quantitative estimate of drug-likeness (QED) is 0.369. The molecule has 0 bridgehead atoms. The van der Waals surface area contributed by atoms with Gasteiger partial charge in [-0.25, -0.2) is 0 Å². The van der Waals surface area contributed by atoms with E-state index in [9.17, 15) is 17.8 Å². The minimum absolute atomic E-state index is 0.0558. The topological polar surface area (TPSA) is 134 Å². The van der Waals surface area contributed by atoms with Crippen LogP contribution in [-0.4, -0.2) is 44.0 Å². The number of nitrogens with zero attached hydrogens (tertiary/aromatic N) is 3. The summed E-state index contributed by atoms with van der Waals surface area (Å²) in [5.41, 5.74) is 0.102. The summed E-state index contributed by atoms with van der Waals surface area (Å²) in [5.74, 6) is -0.531. The van der Waals surface area contributed by atoms with Gasteiger partial charge in [0.15, 0.2) is 0 Å². The van der Waals surface area contributed by atoms with Crippen molar-refractivity contribution >= 4 is 88.4 Å². The number of carbonyl (C=O) groups excluding carboxylic acids is 1. The van der Waals surface area contributed by atoms with Gasteiger partial charge in [0.2, 0.25) is 22.4 Å². The zero-order valence-corrected chi connectivity index (χ0v) is 18.0. The van der Waals surface area contributed by atoms with Crippen LogP contribution in [0.15, 0.2) is 23.1 Å². The zero-order valence-electron chi connectivity index (χ0n) is 12.5. The molecule has 140 valence electrons. The summed E-state index contributed by atoms with van der Waals surface area (Å²) in [6.07, 6.45) is 0. The smallest absolute Gasteiger partial charge is 0.296 e. The van der Waals surface area contributed by atoms with Gasteiger partial charge in [-0.3, -0.25) is 9.35 Å². The lowest BCUT2D eigenvalue weighted by Crippen LogP contribution is -2.24. The van der Waals surface area contributed by atoms with Crippen molar-refractivity contribution in [1.29, 1.82) is 0 Å². The van der Waals surface area contributed by atoms with Crippen LogP contribution in [0.3, 0.4) is 0 Å². The van der Waals surface area contributed by atoms with Crippen LogP contribution < -0.4 is 10.6 Å². The molecule has 1 aromatic heterocycles. The number of anilines is 3. The third kappa shape index (κ3) is 5.72. The van der Waals surface area contributed by atoms with Crippen LogP contribution in [-0.2, 0) is 14.9 Å². The molecule has 0 spiro atoms. The van der Waals surface area contributed by atoms with Crippen LogP contribution in [0.2, 0.25) is 10.6 Å².